The number of aliphatic hydroxyl groups is 3. The SMILES string of the molecule is OCC(=S)[S-].O[C@@H]1CO[C@H]2[C@@H]1OC[C@@H]2O. The smallest absolute Gasteiger partial charge is 0.114 e. The van der Waals surface area contributed by atoms with E-state index in [4.69, 9.17) is 24.8 Å². The highest BCUT2D eigenvalue weighted by Crippen LogP contribution is 2.26. The second-order valence-corrected chi connectivity index (χ2v) is 4.50. The fourth-order valence-electron chi connectivity index (χ4n) is 1.46. The van der Waals surface area contributed by atoms with Gasteiger partial charge >= 0.3 is 0 Å². The number of fused-ring (bicyclic) bond motifs is 1. The van der Waals surface area contributed by atoms with E-state index < -0.39 is 12.2 Å². The first-order valence-corrected chi connectivity index (χ1v) is 5.28. The lowest BCUT2D eigenvalue weighted by atomic mass is 10.1. The minimum atomic E-state index is -0.554. The van der Waals surface area contributed by atoms with Gasteiger partial charge in [-0.25, -0.2) is 0 Å². The van der Waals surface area contributed by atoms with Crippen LogP contribution in [0.25, 0.3) is 0 Å². The fourth-order valence-corrected chi connectivity index (χ4v) is 1.46. The Morgan fingerprint density at radius 2 is 1.53 bits per heavy atom. The molecule has 2 aliphatic heterocycles. The van der Waals surface area contributed by atoms with E-state index in [0.717, 1.165) is 0 Å². The molecular weight excluding hydrogens is 240 g/mol. The second-order valence-electron chi connectivity index (χ2n) is 3.26. The third-order valence-electron chi connectivity index (χ3n) is 2.13. The normalized spacial score (nSPS) is 38.1. The standard InChI is InChI=1S/C6H10O4.C2H4OS2/c7-3-1-9-6-4(8)2-10-5(3)6;3-1-2(4)5/h3-8H,1-2H2;3H,1H2,(H,4,5)/p-1/t3-,4+,5-,6-;/m1./s1. The maximum Gasteiger partial charge on any atom is 0.114 e. The van der Waals surface area contributed by atoms with Crippen LogP contribution in [0.4, 0.5) is 0 Å². The Morgan fingerprint density at radius 1 is 1.20 bits per heavy atom. The summed E-state index contributed by atoms with van der Waals surface area (Å²) in [6.07, 6.45) is -1.70. The van der Waals surface area contributed by atoms with Gasteiger partial charge < -0.3 is 49.6 Å². The van der Waals surface area contributed by atoms with Crippen molar-refractivity contribution in [3.05, 3.63) is 0 Å². The molecule has 0 aliphatic carbocycles. The minimum Gasteiger partial charge on any atom is -0.431 e. The molecule has 0 aromatic rings. The Bertz CT molecular complexity index is 209. The summed E-state index contributed by atoms with van der Waals surface area (Å²) >= 11 is 8.52. The molecule has 2 aliphatic rings. The number of thiocarbonyl (C=S) groups is 1. The largest absolute Gasteiger partial charge is 0.431 e. The molecule has 0 saturated carbocycles. The van der Waals surface area contributed by atoms with Crippen molar-refractivity contribution in [3.63, 3.8) is 0 Å². The molecule has 88 valence electrons. The summed E-state index contributed by atoms with van der Waals surface area (Å²) in [5.74, 6) is 0. The van der Waals surface area contributed by atoms with Crippen molar-refractivity contribution >= 4 is 29.0 Å². The van der Waals surface area contributed by atoms with Gasteiger partial charge in [-0.1, -0.05) is 0 Å². The first kappa shape index (κ1) is 13.2. The highest BCUT2D eigenvalue weighted by atomic mass is 32.1. The molecular formula is C8H13O5S2-. The van der Waals surface area contributed by atoms with Crippen molar-refractivity contribution in [1.82, 2.24) is 0 Å². The van der Waals surface area contributed by atoms with Gasteiger partial charge in [-0.3, -0.25) is 0 Å². The zero-order valence-corrected chi connectivity index (χ0v) is 9.54. The highest BCUT2D eigenvalue weighted by molar-refractivity contribution is 8.00. The quantitative estimate of drug-likeness (QED) is 0.382. The molecule has 0 aromatic carbocycles. The zero-order chi connectivity index (χ0) is 11.4. The molecule has 0 radical (unpaired) electrons. The van der Waals surface area contributed by atoms with Crippen LogP contribution in [0.2, 0.25) is 0 Å². The van der Waals surface area contributed by atoms with Crippen molar-refractivity contribution < 1.29 is 24.8 Å². The summed E-state index contributed by atoms with van der Waals surface area (Å²) in [6.45, 7) is 0.420. The van der Waals surface area contributed by atoms with E-state index in [1.54, 1.807) is 0 Å². The molecule has 15 heavy (non-hydrogen) atoms. The molecule has 4 atom stereocenters. The summed E-state index contributed by atoms with van der Waals surface area (Å²) in [5.41, 5.74) is 0. The summed E-state index contributed by atoms with van der Waals surface area (Å²) in [7, 11) is 0. The molecule has 2 heterocycles. The van der Waals surface area contributed by atoms with Crippen molar-refractivity contribution in [2.24, 2.45) is 0 Å². The third kappa shape index (κ3) is 3.56. The van der Waals surface area contributed by atoms with E-state index in [-0.39, 0.29) is 36.2 Å². The van der Waals surface area contributed by atoms with Crippen LogP contribution in [0.5, 0.6) is 0 Å². The van der Waals surface area contributed by atoms with Crippen molar-refractivity contribution in [2.75, 3.05) is 19.8 Å². The second kappa shape index (κ2) is 6.00. The predicted molar refractivity (Wildman–Crippen MR) is 58.5 cm³/mol. The van der Waals surface area contributed by atoms with E-state index in [0.29, 0.717) is 0 Å². The predicted octanol–water partition coefficient (Wildman–Crippen LogP) is -1.64. The molecule has 2 saturated heterocycles. The van der Waals surface area contributed by atoms with Gasteiger partial charge in [0.15, 0.2) is 0 Å². The van der Waals surface area contributed by atoms with Crippen LogP contribution >= 0.6 is 12.2 Å². The van der Waals surface area contributed by atoms with E-state index in [9.17, 15) is 0 Å². The van der Waals surface area contributed by atoms with E-state index in [1.165, 1.54) is 0 Å². The number of hydrogen-bond donors (Lipinski definition) is 3. The molecule has 0 aromatic heterocycles. The number of aliphatic hydroxyl groups excluding tert-OH is 3. The van der Waals surface area contributed by atoms with Gasteiger partial charge in [-0.05, 0) is 0 Å². The molecule has 5 nitrogen and oxygen atoms in total. The summed E-state index contributed by atoms with van der Waals surface area (Å²) in [6, 6.07) is 0. The topological polar surface area (TPSA) is 79.2 Å². The average Bonchev–Trinajstić information content (AvgIpc) is 2.73. The molecule has 7 heteroatoms. The molecule has 0 spiro atoms. The Balaban J connectivity index is 0.000000195. The summed E-state index contributed by atoms with van der Waals surface area (Å²) in [5, 5.41) is 26.2. The summed E-state index contributed by atoms with van der Waals surface area (Å²) < 4.78 is 10.4. The van der Waals surface area contributed by atoms with E-state index in [2.05, 4.69) is 24.8 Å². The Kier molecular flexibility index (Phi) is 5.27. The number of hydrogen-bond acceptors (Lipinski definition) is 7. The maximum absolute atomic E-state index is 9.16. The lowest BCUT2D eigenvalue weighted by molar-refractivity contribution is 0.00205. The van der Waals surface area contributed by atoms with Gasteiger partial charge in [0.2, 0.25) is 0 Å². The van der Waals surface area contributed by atoms with Crippen molar-refractivity contribution in [1.29, 1.82) is 0 Å². The maximum atomic E-state index is 9.16. The van der Waals surface area contributed by atoms with Crippen LogP contribution in [0, 0.1) is 0 Å². The third-order valence-corrected chi connectivity index (χ3v) is 2.39. The molecule has 2 fully saturated rings. The van der Waals surface area contributed by atoms with Crippen LogP contribution in [-0.4, -0.2) is 63.8 Å². The van der Waals surface area contributed by atoms with Crippen molar-refractivity contribution in [3.8, 4) is 0 Å². The molecule has 0 unspecified atom stereocenters. The molecule has 0 amide bonds. The molecule has 3 N–H and O–H groups in total. The monoisotopic (exact) mass is 253 g/mol. The van der Waals surface area contributed by atoms with Gasteiger partial charge in [-0.2, -0.15) is 0 Å². The summed E-state index contributed by atoms with van der Waals surface area (Å²) in [4.78, 5) is 0. The molecule has 0 bridgehead atoms. The zero-order valence-electron chi connectivity index (χ0n) is 7.91. The first-order chi connectivity index (χ1) is 7.06. The fraction of sp³-hybridized carbons (Fsp3) is 0.875. The highest BCUT2D eigenvalue weighted by Gasteiger charge is 2.46. The first-order valence-electron chi connectivity index (χ1n) is 4.46. The lowest BCUT2D eigenvalue weighted by Crippen LogP contribution is -2.30. The van der Waals surface area contributed by atoms with Gasteiger partial charge in [-0.15, -0.1) is 4.20 Å². The van der Waals surface area contributed by atoms with Crippen molar-refractivity contribution in [2.45, 2.75) is 24.4 Å². The minimum absolute atomic E-state index is 0.148. The Labute approximate surface area is 98.4 Å². The average molecular weight is 253 g/mol. The van der Waals surface area contributed by atoms with Gasteiger partial charge in [0, 0.05) is 0 Å². The lowest BCUT2D eigenvalue weighted by Gasteiger charge is -2.09. The van der Waals surface area contributed by atoms with Crippen LogP contribution < -0.4 is 0 Å². The van der Waals surface area contributed by atoms with Crippen LogP contribution in [-0.2, 0) is 22.1 Å². The van der Waals surface area contributed by atoms with Gasteiger partial charge in [0.1, 0.15) is 24.4 Å². The number of rotatable bonds is 1. The Hall–Kier alpha value is 0.110. The van der Waals surface area contributed by atoms with E-state index in [1.807, 2.05) is 0 Å². The molecule has 2 rings (SSSR count). The Morgan fingerprint density at radius 3 is 1.80 bits per heavy atom. The van der Waals surface area contributed by atoms with Crippen LogP contribution in [0.1, 0.15) is 0 Å². The van der Waals surface area contributed by atoms with Gasteiger partial charge in [0.05, 0.1) is 19.8 Å². The van der Waals surface area contributed by atoms with Gasteiger partial charge in [0.25, 0.3) is 0 Å². The van der Waals surface area contributed by atoms with E-state index >= 15 is 0 Å². The van der Waals surface area contributed by atoms with Crippen LogP contribution in [0.15, 0.2) is 0 Å². The van der Waals surface area contributed by atoms with Crippen LogP contribution in [0.3, 0.4) is 0 Å². The number of ether oxygens (including phenoxy) is 2.